The lowest BCUT2D eigenvalue weighted by Gasteiger charge is -2.07. The number of carbonyl (C=O) groups excluding carboxylic acids is 1. The van der Waals surface area contributed by atoms with Crippen LogP contribution in [0.1, 0.15) is 18.4 Å². The number of aromatic nitrogens is 2. The second-order valence-electron chi connectivity index (χ2n) is 8.22. The molecule has 0 radical (unpaired) electrons. The molecule has 2 aromatic heterocycles. The van der Waals surface area contributed by atoms with Gasteiger partial charge in [-0.05, 0) is 73.0 Å². The molecule has 0 fully saturated rings. The van der Waals surface area contributed by atoms with Gasteiger partial charge in [-0.25, -0.2) is 0 Å². The summed E-state index contributed by atoms with van der Waals surface area (Å²) in [6, 6.07) is 31.1. The predicted molar refractivity (Wildman–Crippen MR) is 140 cm³/mol. The molecule has 0 aliphatic rings. The van der Waals surface area contributed by atoms with Crippen molar-refractivity contribution in [3.05, 3.63) is 109 Å². The summed E-state index contributed by atoms with van der Waals surface area (Å²) in [5.41, 5.74) is 6.48. The van der Waals surface area contributed by atoms with E-state index in [9.17, 15) is 4.79 Å². The average molecular weight is 460 g/mol. The fourth-order valence-corrected chi connectivity index (χ4v) is 4.06. The summed E-state index contributed by atoms with van der Waals surface area (Å²) < 4.78 is 0. The summed E-state index contributed by atoms with van der Waals surface area (Å²) in [6.45, 7) is 0. The van der Waals surface area contributed by atoms with Crippen molar-refractivity contribution in [2.75, 3.05) is 5.32 Å². The van der Waals surface area contributed by atoms with Crippen LogP contribution in [0.2, 0.25) is 0 Å². The Balaban J connectivity index is 1.20. The molecule has 0 aliphatic heterocycles. The fourth-order valence-electron chi connectivity index (χ4n) is 4.06. The highest BCUT2D eigenvalue weighted by Crippen LogP contribution is 2.30. The van der Waals surface area contributed by atoms with Crippen LogP contribution >= 0.6 is 0 Å². The summed E-state index contributed by atoms with van der Waals surface area (Å²) in [7, 11) is 0. The molecule has 5 rings (SSSR count). The van der Waals surface area contributed by atoms with Crippen LogP contribution in [0.5, 0.6) is 0 Å². The minimum atomic E-state index is -0.0112. The van der Waals surface area contributed by atoms with Crippen molar-refractivity contribution in [3.8, 4) is 11.4 Å². The first kappa shape index (κ1) is 22.2. The van der Waals surface area contributed by atoms with Crippen molar-refractivity contribution in [1.29, 1.82) is 0 Å². The Hall–Kier alpha value is -4.58. The fraction of sp³-hybridized carbons (Fsp3) is 0.103. The predicted octanol–water partition coefficient (Wildman–Crippen LogP) is 7.61. The second-order valence-corrected chi connectivity index (χ2v) is 8.22. The van der Waals surface area contributed by atoms with Gasteiger partial charge in [-0.2, -0.15) is 10.2 Å². The van der Waals surface area contributed by atoms with E-state index < -0.39 is 0 Å². The van der Waals surface area contributed by atoms with Gasteiger partial charge in [0, 0.05) is 29.2 Å². The van der Waals surface area contributed by atoms with E-state index in [1.165, 1.54) is 10.9 Å². The van der Waals surface area contributed by atoms with Gasteiger partial charge < -0.3 is 10.3 Å². The second kappa shape index (κ2) is 10.6. The highest BCUT2D eigenvalue weighted by molar-refractivity contribution is 5.92. The topological polar surface area (TPSA) is 82.5 Å². The average Bonchev–Trinajstić information content (AvgIpc) is 3.28. The molecule has 2 heterocycles. The van der Waals surface area contributed by atoms with Gasteiger partial charge in [0.05, 0.1) is 22.8 Å². The zero-order chi connectivity index (χ0) is 23.9. The number of para-hydroxylation sites is 1. The Morgan fingerprint density at radius 3 is 2.29 bits per heavy atom. The number of benzene rings is 3. The molecule has 2 N–H and O–H groups in total. The SMILES string of the molecule is O=C(CCCc1c(-c2ccccn2)[nH]c2ccccc12)Nc1ccc(N=Nc2ccccc2)cc1. The lowest BCUT2D eigenvalue weighted by Crippen LogP contribution is -2.11. The van der Waals surface area contributed by atoms with Crippen LogP contribution in [0.15, 0.2) is 113 Å². The van der Waals surface area contributed by atoms with Gasteiger partial charge in [-0.3, -0.25) is 9.78 Å². The molecular weight excluding hydrogens is 434 g/mol. The molecule has 0 saturated heterocycles. The number of aromatic amines is 1. The number of fused-ring (bicyclic) bond motifs is 1. The highest BCUT2D eigenvalue weighted by atomic mass is 16.1. The van der Waals surface area contributed by atoms with E-state index in [4.69, 9.17) is 0 Å². The molecule has 0 spiro atoms. The van der Waals surface area contributed by atoms with E-state index in [0.29, 0.717) is 6.42 Å². The number of aryl methyl sites for hydroxylation is 1. The monoisotopic (exact) mass is 459 g/mol. The summed E-state index contributed by atoms with van der Waals surface area (Å²) in [6.07, 6.45) is 3.74. The normalized spacial score (nSPS) is 11.2. The van der Waals surface area contributed by atoms with Crippen LogP contribution in [0.3, 0.4) is 0 Å². The number of H-pyrrole nitrogens is 1. The number of hydrogen-bond donors (Lipinski definition) is 2. The number of carbonyl (C=O) groups is 1. The van der Waals surface area contributed by atoms with Crippen molar-refractivity contribution >= 4 is 33.9 Å². The molecule has 6 nitrogen and oxygen atoms in total. The van der Waals surface area contributed by atoms with E-state index >= 15 is 0 Å². The smallest absolute Gasteiger partial charge is 0.224 e. The van der Waals surface area contributed by atoms with E-state index in [-0.39, 0.29) is 5.91 Å². The van der Waals surface area contributed by atoms with Crippen molar-refractivity contribution < 1.29 is 4.79 Å². The Morgan fingerprint density at radius 1 is 0.800 bits per heavy atom. The molecule has 0 bridgehead atoms. The van der Waals surface area contributed by atoms with Crippen LogP contribution in [-0.2, 0) is 11.2 Å². The molecule has 0 saturated carbocycles. The number of amides is 1. The number of anilines is 1. The maximum absolute atomic E-state index is 12.6. The molecule has 5 aromatic rings. The van der Waals surface area contributed by atoms with Crippen molar-refractivity contribution in [3.63, 3.8) is 0 Å². The first-order valence-electron chi connectivity index (χ1n) is 11.6. The minimum absolute atomic E-state index is 0.0112. The maximum atomic E-state index is 12.6. The summed E-state index contributed by atoms with van der Waals surface area (Å²) in [5.74, 6) is -0.0112. The van der Waals surface area contributed by atoms with Crippen LogP contribution < -0.4 is 5.32 Å². The molecule has 35 heavy (non-hydrogen) atoms. The zero-order valence-corrected chi connectivity index (χ0v) is 19.2. The summed E-state index contributed by atoms with van der Waals surface area (Å²) in [4.78, 5) is 20.6. The highest BCUT2D eigenvalue weighted by Gasteiger charge is 2.14. The third-order valence-corrected chi connectivity index (χ3v) is 5.75. The Morgan fingerprint density at radius 2 is 1.51 bits per heavy atom. The Labute approximate surface area is 203 Å². The zero-order valence-electron chi connectivity index (χ0n) is 19.2. The van der Waals surface area contributed by atoms with Crippen LogP contribution in [0.25, 0.3) is 22.3 Å². The summed E-state index contributed by atoms with van der Waals surface area (Å²) in [5, 5.41) is 12.6. The van der Waals surface area contributed by atoms with Crippen molar-refractivity contribution in [2.24, 2.45) is 10.2 Å². The van der Waals surface area contributed by atoms with Gasteiger partial charge in [0.2, 0.25) is 5.91 Å². The number of azo groups is 1. The van der Waals surface area contributed by atoms with E-state index in [0.717, 1.165) is 46.8 Å². The molecule has 0 aliphatic carbocycles. The van der Waals surface area contributed by atoms with Gasteiger partial charge in [0.15, 0.2) is 0 Å². The van der Waals surface area contributed by atoms with Crippen molar-refractivity contribution in [1.82, 2.24) is 9.97 Å². The quantitative estimate of drug-likeness (QED) is 0.234. The number of nitrogens with one attached hydrogen (secondary N) is 2. The Bertz CT molecular complexity index is 1440. The lowest BCUT2D eigenvalue weighted by atomic mass is 10.0. The van der Waals surface area contributed by atoms with E-state index in [1.54, 1.807) is 6.20 Å². The van der Waals surface area contributed by atoms with Crippen LogP contribution in [0, 0.1) is 0 Å². The first-order chi connectivity index (χ1) is 17.3. The number of pyridine rings is 1. The van der Waals surface area contributed by atoms with Crippen LogP contribution in [0.4, 0.5) is 17.1 Å². The number of nitrogens with zero attached hydrogens (tertiary/aromatic N) is 3. The van der Waals surface area contributed by atoms with E-state index in [2.05, 4.69) is 37.6 Å². The lowest BCUT2D eigenvalue weighted by molar-refractivity contribution is -0.116. The molecular formula is C29H25N5O. The van der Waals surface area contributed by atoms with Crippen molar-refractivity contribution in [2.45, 2.75) is 19.3 Å². The molecule has 6 heteroatoms. The maximum Gasteiger partial charge on any atom is 0.224 e. The molecule has 1 amide bonds. The largest absolute Gasteiger partial charge is 0.353 e. The third-order valence-electron chi connectivity index (χ3n) is 5.75. The molecule has 0 unspecified atom stereocenters. The first-order valence-corrected chi connectivity index (χ1v) is 11.6. The van der Waals surface area contributed by atoms with Gasteiger partial charge in [0.25, 0.3) is 0 Å². The van der Waals surface area contributed by atoms with Gasteiger partial charge in [-0.1, -0.05) is 42.5 Å². The minimum Gasteiger partial charge on any atom is -0.353 e. The molecule has 172 valence electrons. The summed E-state index contributed by atoms with van der Waals surface area (Å²) >= 11 is 0. The third kappa shape index (κ3) is 5.50. The molecule has 3 aromatic carbocycles. The van der Waals surface area contributed by atoms with E-state index in [1.807, 2.05) is 84.9 Å². The van der Waals surface area contributed by atoms with Gasteiger partial charge >= 0.3 is 0 Å². The van der Waals surface area contributed by atoms with Gasteiger partial charge in [-0.15, -0.1) is 0 Å². The standard InChI is InChI=1S/C29H25N5O/c35-28(31-21-16-18-23(19-17-21)34-33-22-9-2-1-3-10-22)15-8-12-25-24-11-4-5-13-26(24)32-29(25)27-14-6-7-20-30-27/h1-7,9-11,13-14,16-20,32H,8,12,15H2,(H,31,35). The number of rotatable bonds is 8. The van der Waals surface area contributed by atoms with Crippen LogP contribution in [-0.4, -0.2) is 15.9 Å². The van der Waals surface area contributed by atoms with Gasteiger partial charge in [0.1, 0.15) is 0 Å². The number of hydrogen-bond acceptors (Lipinski definition) is 4. The Kier molecular flexibility index (Phi) is 6.71. The molecule has 0 atom stereocenters.